The van der Waals surface area contributed by atoms with Crippen LogP contribution in [0.1, 0.15) is 5.01 Å². The maximum absolute atomic E-state index is 13.2. The zero-order chi connectivity index (χ0) is 20.6. The molecule has 0 spiro atoms. The monoisotopic (exact) mass is 440 g/mol. The molecule has 0 aliphatic carbocycles. The average Bonchev–Trinajstić information content (AvgIpc) is 3.46. The van der Waals surface area contributed by atoms with E-state index < -0.39 is 10.0 Å². The molecule has 30 heavy (non-hydrogen) atoms. The Morgan fingerprint density at radius 3 is 2.67 bits per heavy atom. The summed E-state index contributed by atoms with van der Waals surface area (Å²) in [6.07, 6.45) is 3.27. The summed E-state index contributed by atoms with van der Waals surface area (Å²) < 4.78 is 33.5. The lowest BCUT2D eigenvalue weighted by atomic mass is 10.2. The summed E-state index contributed by atoms with van der Waals surface area (Å²) in [5, 5.41) is 3.81. The largest absolute Gasteiger partial charge is 0.463 e. The number of hydrogen-bond donors (Lipinski definition) is 0. The van der Waals surface area contributed by atoms with Crippen molar-refractivity contribution in [1.29, 1.82) is 0 Å². The molecule has 0 unspecified atom stereocenters. The normalized spacial score (nSPS) is 16.3. The fourth-order valence-electron chi connectivity index (χ4n) is 3.66. The number of furan rings is 1. The molecule has 0 amide bonds. The third-order valence-electron chi connectivity index (χ3n) is 5.23. The van der Waals surface area contributed by atoms with Gasteiger partial charge < -0.3 is 4.42 Å². The van der Waals surface area contributed by atoms with Gasteiger partial charge in [-0.15, -0.1) is 11.3 Å². The van der Waals surface area contributed by atoms with E-state index in [2.05, 4.69) is 14.9 Å². The molecule has 154 valence electrons. The van der Waals surface area contributed by atoms with Gasteiger partial charge in [0.2, 0.25) is 10.0 Å². The highest BCUT2D eigenvalue weighted by atomic mass is 32.2. The Morgan fingerprint density at radius 1 is 1.03 bits per heavy atom. The minimum Gasteiger partial charge on any atom is -0.463 e. The van der Waals surface area contributed by atoms with Gasteiger partial charge in [-0.05, 0) is 24.3 Å². The third-order valence-corrected chi connectivity index (χ3v) is 7.99. The quantitative estimate of drug-likeness (QED) is 0.473. The molecule has 0 saturated carbocycles. The van der Waals surface area contributed by atoms with E-state index in [1.807, 2.05) is 35.7 Å². The molecular formula is C21H20N4O3S2. The Labute approximate surface area is 178 Å². The number of thiazole rings is 1. The van der Waals surface area contributed by atoms with Crippen molar-refractivity contribution in [2.45, 2.75) is 11.4 Å². The highest BCUT2D eigenvalue weighted by Crippen LogP contribution is 2.26. The number of para-hydroxylation sites is 1. The lowest BCUT2D eigenvalue weighted by Gasteiger charge is -2.33. The Bertz CT molecular complexity index is 1260. The van der Waals surface area contributed by atoms with Gasteiger partial charge >= 0.3 is 0 Å². The van der Waals surface area contributed by atoms with Crippen molar-refractivity contribution >= 4 is 32.3 Å². The molecule has 0 N–H and O–H groups in total. The zero-order valence-electron chi connectivity index (χ0n) is 16.1. The first kappa shape index (κ1) is 19.4. The van der Waals surface area contributed by atoms with Gasteiger partial charge in [0, 0.05) is 43.1 Å². The van der Waals surface area contributed by atoms with Gasteiger partial charge in [0.25, 0.3) is 0 Å². The summed E-state index contributed by atoms with van der Waals surface area (Å²) in [6.45, 7) is 2.92. The number of hydrogen-bond acceptors (Lipinski definition) is 7. The number of sulfonamides is 1. The first-order valence-corrected chi connectivity index (χ1v) is 12.0. The number of pyridine rings is 1. The number of fused-ring (bicyclic) bond motifs is 1. The Balaban J connectivity index is 1.27. The van der Waals surface area contributed by atoms with Gasteiger partial charge in [-0.25, -0.2) is 13.4 Å². The highest BCUT2D eigenvalue weighted by molar-refractivity contribution is 7.89. The molecule has 9 heteroatoms. The van der Waals surface area contributed by atoms with Crippen molar-refractivity contribution in [2.75, 3.05) is 26.2 Å². The van der Waals surface area contributed by atoms with Crippen LogP contribution in [-0.2, 0) is 16.6 Å². The topological polar surface area (TPSA) is 79.5 Å². The zero-order valence-corrected chi connectivity index (χ0v) is 17.8. The van der Waals surface area contributed by atoms with Crippen LogP contribution in [0.25, 0.3) is 22.4 Å². The number of piperazine rings is 1. The minimum absolute atomic E-state index is 0.275. The Hall–Kier alpha value is -2.59. The van der Waals surface area contributed by atoms with E-state index in [-0.39, 0.29) is 4.90 Å². The van der Waals surface area contributed by atoms with Crippen molar-refractivity contribution < 1.29 is 12.8 Å². The summed E-state index contributed by atoms with van der Waals surface area (Å²) in [7, 11) is -3.59. The molecule has 0 radical (unpaired) electrons. The third kappa shape index (κ3) is 3.65. The van der Waals surface area contributed by atoms with Crippen molar-refractivity contribution in [3.63, 3.8) is 0 Å². The second kappa shape index (κ2) is 7.92. The molecule has 4 aromatic rings. The van der Waals surface area contributed by atoms with Crippen LogP contribution in [-0.4, -0.2) is 53.8 Å². The molecule has 7 nitrogen and oxygen atoms in total. The first-order valence-electron chi connectivity index (χ1n) is 9.66. The fourth-order valence-corrected chi connectivity index (χ4v) is 6.08. The average molecular weight is 441 g/mol. The second-order valence-electron chi connectivity index (χ2n) is 7.12. The molecule has 1 aliphatic rings. The molecule has 1 fully saturated rings. The van der Waals surface area contributed by atoms with Crippen LogP contribution in [0.3, 0.4) is 0 Å². The first-order chi connectivity index (χ1) is 14.6. The van der Waals surface area contributed by atoms with E-state index >= 15 is 0 Å². The number of rotatable bonds is 5. The van der Waals surface area contributed by atoms with E-state index in [0.29, 0.717) is 38.2 Å². The lowest BCUT2D eigenvalue weighted by Crippen LogP contribution is -2.48. The van der Waals surface area contributed by atoms with Crippen LogP contribution in [0.5, 0.6) is 0 Å². The van der Waals surface area contributed by atoms with Crippen LogP contribution in [0.15, 0.2) is 69.6 Å². The molecule has 3 aromatic heterocycles. The fraction of sp³-hybridized carbons (Fsp3) is 0.238. The highest BCUT2D eigenvalue weighted by Gasteiger charge is 2.30. The summed E-state index contributed by atoms with van der Waals surface area (Å²) in [6, 6.07) is 12.7. The maximum Gasteiger partial charge on any atom is 0.245 e. The van der Waals surface area contributed by atoms with Gasteiger partial charge in [-0.2, -0.15) is 4.31 Å². The van der Waals surface area contributed by atoms with Gasteiger partial charge in [0.05, 0.1) is 18.3 Å². The maximum atomic E-state index is 13.2. The molecular weight excluding hydrogens is 420 g/mol. The number of aromatic nitrogens is 2. The predicted octanol–water partition coefficient (Wildman–Crippen LogP) is 3.46. The summed E-state index contributed by atoms with van der Waals surface area (Å²) in [5.74, 6) is 0.761. The molecule has 1 aromatic carbocycles. The van der Waals surface area contributed by atoms with E-state index in [1.54, 1.807) is 40.2 Å². The Kier molecular flexibility index (Phi) is 5.11. The molecule has 5 rings (SSSR count). The predicted molar refractivity (Wildman–Crippen MR) is 116 cm³/mol. The minimum atomic E-state index is -3.59. The van der Waals surface area contributed by atoms with Gasteiger partial charge in [-0.1, -0.05) is 18.2 Å². The molecule has 1 saturated heterocycles. The van der Waals surface area contributed by atoms with Crippen molar-refractivity contribution in [2.24, 2.45) is 0 Å². The number of benzene rings is 1. The molecule has 0 bridgehead atoms. The van der Waals surface area contributed by atoms with Crippen molar-refractivity contribution in [3.05, 3.63) is 65.3 Å². The van der Waals surface area contributed by atoms with Gasteiger partial charge in [-0.3, -0.25) is 9.88 Å². The van der Waals surface area contributed by atoms with Crippen LogP contribution in [0.4, 0.5) is 0 Å². The molecule has 4 heterocycles. The van der Waals surface area contributed by atoms with Crippen LogP contribution < -0.4 is 0 Å². The lowest BCUT2D eigenvalue weighted by molar-refractivity contribution is 0.181. The van der Waals surface area contributed by atoms with Crippen molar-refractivity contribution in [1.82, 2.24) is 19.2 Å². The standard InChI is InChI=1S/C21H20N4O3S2/c26-30(27,19-7-1-4-16-5-2-8-22-21(16)19)25-11-9-24(10-12-25)14-20-23-17(15-29-20)18-6-3-13-28-18/h1-8,13,15H,9-12,14H2. The SMILES string of the molecule is O=S(=O)(c1cccc2cccnc12)N1CCN(Cc2nc(-c3ccco3)cs2)CC1. The summed E-state index contributed by atoms with van der Waals surface area (Å²) in [5.41, 5.74) is 1.36. The molecule has 1 aliphatic heterocycles. The van der Waals surface area contributed by atoms with Crippen molar-refractivity contribution in [3.8, 4) is 11.5 Å². The summed E-state index contributed by atoms with van der Waals surface area (Å²) >= 11 is 1.59. The van der Waals surface area contributed by atoms with Crippen LogP contribution in [0.2, 0.25) is 0 Å². The van der Waals surface area contributed by atoms with E-state index in [0.717, 1.165) is 21.8 Å². The Morgan fingerprint density at radius 2 is 1.87 bits per heavy atom. The second-order valence-corrected chi connectivity index (χ2v) is 9.96. The molecule has 0 atom stereocenters. The van der Waals surface area contributed by atoms with E-state index in [1.165, 1.54) is 0 Å². The number of nitrogens with zero attached hydrogens (tertiary/aromatic N) is 4. The van der Waals surface area contributed by atoms with Crippen LogP contribution >= 0.6 is 11.3 Å². The van der Waals surface area contributed by atoms with Crippen LogP contribution in [0, 0.1) is 0 Å². The van der Waals surface area contributed by atoms with E-state index in [9.17, 15) is 8.42 Å². The van der Waals surface area contributed by atoms with Gasteiger partial charge in [0.1, 0.15) is 15.6 Å². The smallest absolute Gasteiger partial charge is 0.245 e. The van der Waals surface area contributed by atoms with Gasteiger partial charge in [0.15, 0.2) is 5.76 Å². The summed E-state index contributed by atoms with van der Waals surface area (Å²) in [4.78, 5) is 11.5. The van der Waals surface area contributed by atoms with E-state index in [4.69, 9.17) is 4.42 Å².